The Hall–Kier alpha value is -3.52. The molecular weight excluding hydrogens is 692 g/mol. The standard InChI is InChI=1S/C40H60N6O8/c1-27-23-43(34(49)53-36(2,3)4)18-11-19-45(27)33-41-29(22-30(42-33)44-20-21-46(38(24-44)16-17-38)35(50)54-37(5,6)7)31(47)28-12-10-14-39(32(28)48)13-8-9-15-40(39)25-51-26-52-40/h22,27-28H,8-21,23-26H2,1-7H3/t27-,28?,39-,40?/m0/s1. The Balaban J connectivity index is 1.20. The molecular formula is C40H60N6O8. The van der Waals surface area contributed by atoms with E-state index in [0.717, 1.165) is 38.5 Å². The molecule has 2 amide bonds. The lowest BCUT2D eigenvalue weighted by Crippen LogP contribution is -2.60. The van der Waals surface area contributed by atoms with Crippen molar-refractivity contribution in [1.82, 2.24) is 19.8 Å². The minimum Gasteiger partial charge on any atom is -0.444 e. The molecule has 0 aromatic carbocycles. The van der Waals surface area contributed by atoms with E-state index >= 15 is 0 Å². The van der Waals surface area contributed by atoms with Crippen LogP contribution in [0.15, 0.2) is 6.07 Å². The number of rotatable bonds is 4. The minimum atomic E-state index is -0.837. The lowest BCUT2D eigenvalue weighted by Gasteiger charge is -2.52. The molecule has 0 radical (unpaired) electrons. The quantitative estimate of drug-likeness (QED) is 0.273. The van der Waals surface area contributed by atoms with E-state index in [1.54, 1.807) is 11.0 Å². The zero-order valence-electron chi connectivity index (χ0n) is 33.4. The van der Waals surface area contributed by atoms with Crippen molar-refractivity contribution in [2.24, 2.45) is 11.3 Å². The lowest BCUT2D eigenvalue weighted by atomic mass is 9.54. The van der Waals surface area contributed by atoms with Gasteiger partial charge in [-0.2, -0.15) is 4.98 Å². The Morgan fingerprint density at radius 3 is 2.24 bits per heavy atom. The third kappa shape index (κ3) is 7.41. The number of hydrogen-bond acceptors (Lipinski definition) is 12. The highest BCUT2D eigenvalue weighted by molar-refractivity contribution is 6.12. The van der Waals surface area contributed by atoms with Crippen molar-refractivity contribution in [3.8, 4) is 0 Å². The molecule has 6 fully saturated rings. The predicted molar refractivity (Wildman–Crippen MR) is 201 cm³/mol. The molecule has 1 aromatic rings. The molecule has 3 aliphatic heterocycles. The third-order valence-corrected chi connectivity index (χ3v) is 12.4. The number of ether oxygens (including phenoxy) is 4. The van der Waals surface area contributed by atoms with Crippen molar-refractivity contribution in [1.29, 1.82) is 0 Å². The summed E-state index contributed by atoms with van der Waals surface area (Å²) in [6.45, 7) is 16.8. The van der Waals surface area contributed by atoms with Crippen LogP contribution in [0.1, 0.15) is 123 Å². The summed E-state index contributed by atoms with van der Waals surface area (Å²) in [5.41, 5.74) is -2.80. The Labute approximate surface area is 319 Å². The van der Waals surface area contributed by atoms with Crippen molar-refractivity contribution in [3.05, 3.63) is 11.8 Å². The molecule has 3 saturated carbocycles. The molecule has 14 nitrogen and oxygen atoms in total. The van der Waals surface area contributed by atoms with Gasteiger partial charge in [0.15, 0.2) is 11.6 Å². The highest BCUT2D eigenvalue weighted by atomic mass is 16.7. The highest BCUT2D eigenvalue weighted by Crippen LogP contribution is 2.56. The molecule has 6 aliphatic rings. The van der Waals surface area contributed by atoms with Gasteiger partial charge in [-0.25, -0.2) is 14.6 Å². The lowest BCUT2D eigenvalue weighted by molar-refractivity contribution is -0.168. The first kappa shape index (κ1) is 38.7. The fraction of sp³-hybridized carbons (Fsp3) is 0.800. The number of amides is 2. The van der Waals surface area contributed by atoms with Crippen molar-refractivity contribution in [2.75, 3.05) is 62.5 Å². The summed E-state index contributed by atoms with van der Waals surface area (Å²) < 4.78 is 23.5. The number of Topliss-reactive ketones (excluding diaryl/α,β-unsaturated/α-hetero) is 2. The van der Waals surface area contributed by atoms with Gasteiger partial charge in [-0.15, -0.1) is 0 Å². The van der Waals surface area contributed by atoms with E-state index in [4.69, 9.17) is 28.9 Å². The average molecular weight is 753 g/mol. The van der Waals surface area contributed by atoms with Crippen LogP contribution in [-0.4, -0.2) is 125 Å². The second-order valence-electron chi connectivity index (χ2n) is 18.6. The van der Waals surface area contributed by atoms with E-state index < -0.39 is 28.1 Å². The van der Waals surface area contributed by atoms with Crippen LogP contribution in [0.2, 0.25) is 0 Å². The summed E-state index contributed by atoms with van der Waals surface area (Å²) in [5, 5.41) is 0. The molecule has 7 rings (SSSR count). The molecule has 54 heavy (non-hydrogen) atoms. The Morgan fingerprint density at radius 1 is 0.852 bits per heavy atom. The second kappa shape index (κ2) is 14.2. The summed E-state index contributed by atoms with van der Waals surface area (Å²) in [6.07, 6.45) is 6.94. The first-order valence-electron chi connectivity index (χ1n) is 20.1. The molecule has 0 bridgehead atoms. The van der Waals surface area contributed by atoms with E-state index in [1.807, 2.05) is 53.4 Å². The predicted octanol–water partition coefficient (Wildman–Crippen LogP) is 5.76. The molecule has 3 spiro atoms. The Bertz CT molecular complexity index is 1620. The third-order valence-electron chi connectivity index (χ3n) is 12.4. The van der Waals surface area contributed by atoms with E-state index in [-0.39, 0.29) is 47.8 Å². The topological polar surface area (TPSA) is 144 Å². The Kier molecular flexibility index (Phi) is 10.2. The maximum atomic E-state index is 14.8. The van der Waals surface area contributed by atoms with Crippen LogP contribution in [0.4, 0.5) is 21.4 Å². The number of aromatic nitrogens is 2. The van der Waals surface area contributed by atoms with Gasteiger partial charge < -0.3 is 33.6 Å². The van der Waals surface area contributed by atoms with Gasteiger partial charge in [-0.1, -0.05) is 19.3 Å². The van der Waals surface area contributed by atoms with E-state index in [0.29, 0.717) is 83.3 Å². The SMILES string of the molecule is C[C@H]1CN(C(=O)OC(C)(C)C)CCCN1c1nc(C(=O)C2CCC[C@@]3(CCCCC34COCO4)C2=O)cc(N2CCN(C(=O)OC(C)(C)C)C3(CC3)C2)n1. The largest absolute Gasteiger partial charge is 0.444 e. The van der Waals surface area contributed by atoms with Crippen LogP contribution in [-0.2, 0) is 23.7 Å². The van der Waals surface area contributed by atoms with Crippen LogP contribution < -0.4 is 9.80 Å². The van der Waals surface area contributed by atoms with Gasteiger partial charge in [0, 0.05) is 51.4 Å². The van der Waals surface area contributed by atoms with Gasteiger partial charge in [-0.3, -0.25) is 14.5 Å². The number of carbonyl (C=O) groups excluding carboxylic acids is 4. The molecule has 14 heteroatoms. The molecule has 4 heterocycles. The number of carbonyl (C=O) groups is 4. The first-order valence-corrected chi connectivity index (χ1v) is 20.1. The number of anilines is 2. The van der Waals surface area contributed by atoms with Crippen molar-refractivity contribution < 1.29 is 38.1 Å². The van der Waals surface area contributed by atoms with Gasteiger partial charge in [-0.05, 0) is 93.4 Å². The van der Waals surface area contributed by atoms with Crippen LogP contribution in [0.25, 0.3) is 0 Å². The van der Waals surface area contributed by atoms with Crippen molar-refractivity contribution in [3.63, 3.8) is 0 Å². The minimum absolute atomic E-state index is 0.0373. The number of hydrogen-bond donors (Lipinski definition) is 0. The zero-order valence-corrected chi connectivity index (χ0v) is 33.4. The summed E-state index contributed by atoms with van der Waals surface area (Å²) >= 11 is 0. The summed E-state index contributed by atoms with van der Waals surface area (Å²) in [7, 11) is 0. The molecule has 0 N–H and O–H groups in total. The van der Waals surface area contributed by atoms with Crippen molar-refractivity contribution in [2.45, 2.75) is 141 Å². The fourth-order valence-electron chi connectivity index (χ4n) is 9.59. The van der Waals surface area contributed by atoms with Crippen LogP contribution in [0, 0.1) is 11.3 Å². The maximum absolute atomic E-state index is 14.8. The highest BCUT2D eigenvalue weighted by Gasteiger charge is 2.63. The van der Waals surface area contributed by atoms with E-state index in [1.165, 1.54) is 0 Å². The van der Waals surface area contributed by atoms with E-state index in [2.05, 4.69) is 9.80 Å². The van der Waals surface area contributed by atoms with Crippen LogP contribution in [0.5, 0.6) is 0 Å². The molecule has 3 saturated heterocycles. The van der Waals surface area contributed by atoms with Gasteiger partial charge >= 0.3 is 12.2 Å². The number of ketones is 2. The van der Waals surface area contributed by atoms with Gasteiger partial charge in [0.25, 0.3) is 0 Å². The normalized spacial score (nSPS) is 30.2. The Morgan fingerprint density at radius 2 is 1.56 bits per heavy atom. The number of fused-ring (bicyclic) bond motifs is 1. The first-order chi connectivity index (χ1) is 25.4. The van der Waals surface area contributed by atoms with Crippen LogP contribution >= 0.6 is 0 Å². The summed E-state index contributed by atoms with van der Waals surface area (Å²) in [6, 6.07) is 1.57. The smallest absolute Gasteiger partial charge is 0.410 e. The monoisotopic (exact) mass is 752 g/mol. The molecule has 298 valence electrons. The molecule has 2 unspecified atom stereocenters. The van der Waals surface area contributed by atoms with Gasteiger partial charge in [0.1, 0.15) is 35.1 Å². The zero-order chi connectivity index (χ0) is 38.7. The second-order valence-corrected chi connectivity index (χ2v) is 18.6. The number of nitrogens with zero attached hydrogens (tertiary/aromatic N) is 6. The molecule has 3 aliphatic carbocycles. The average Bonchev–Trinajstić information content (AvgIpc) is 3.75. The summed E-state index contributed by atoms with van der Waals surface area (Å²) in [5.74, 6) is -0.164. The summed E-state index contributed by atoms with van der Waals surface area (Å²) in [4.78, 5) is 73.8. The van der Waals surface area contributed by atoms with Crippen LogP contribution in [0.3, 0.4) is 0 Å². The van der Waals surface area contributed by atoms with Crippen molar-refractivity contribution >= 4 is 35.5 Å². The fourth-order valence-corrected chi connectivity index (χ4v) is 9.59. The molecule has 4 atom stereocenters. The van der Waals surface area contributed by atoms with Gasteiger partial charge in [0.2, 0.25) is 5.95 Å². The van der Waals surface area contributed by atoms with Gasteiger partial charge in [0.05, 0.1) is 23.5 Å². The maximum Gasteiger partial charge on any atom is 0.410 e. The number of piperazine rings is 1. The molecule has 1 aromatic heterocycles. The van der Waals surface area contributed by atoms with E-state index in [9.17, 15) is 19.2 Å².